The summed E-state index contributed by atoms with van der Waals surface area (Å²) in [5, 5.41) is 9.28. The van der Waals surface area contributed by atoms with Crippen molar-refractivity contribution in [2.24, 2.45) is 0 Å². The molecule has 2 aromatic heterocycles. The molecule has 2 heterocycles. The van der Waals surface area contributed by atoms with Gasteiger partial charge in [0, 0.05) is 29.0 Å². The van der Waals surface area contributed by atoms with Crippen LogP contribution in [0.1, 0.15) is 47.9 Å². The maximum atomic E-state index is 13.8. The topological polar surface area (TPSA) is 80.1 Å². The number of anilines is 1. The van der Waals surface area contributed by atoms with Gasteiger partial charge in [-0.2, -0.15) is 47.1 Å². The van der Waals surface area contributed by atoms with Crippen LogP contribution in [0.5, 0.6) is 0 Å². The number of hydrogen-bond acceptors (Lipinski definition) is 5. The number of rotatable bonds is 6. The number of terminal acetylenes is 1. The number of carbonyl (C=O) groups is 2. The molecule has 0 aliphatic rings. The summed E-state index contributed by atoms with van der Waals surface area (Å²) in [4.78, 5) is 33.1. The number of carbonyl (C=O) groups excluding carboxylic acids is 2. The van der Waals surface area contributed by atoms with Crippen LogP contribution in [-0.2, 0) is 21.9 Å². The van der Waals surface area contributed by atoms with Crippen LogP contribution in [0.4, 0.5) is 5.69 Å². The molecule has 1 N–H and O–H groups in total. The van der Waals surface area contributed by atoms with Gasteiger partial charge in [0.05, 0.1) is 11.7 Å². The van der Waals surface area contributed by atoms with E-state index in [0.29, 0.717) is 16.3 Å². The number of aromatic nitrogens is 3. The van der Waals surface area contributed by atoms with Gasteiger partial charge >= 0.3 is 17.1 Å². The van der Waals surface area contributed by atoms with Gasteiger partial charge in [-0.05, 0) is 57.0 Å². The molecule has 1 atom stereocenters. The zero-order valence-electron chi connectivity index (χ0n) is 22.3. The first-order chi connectivity index (χ1) is 18.8. The van der Waals surface area contributed by atoms with Crippen molar-refractivity contribution >= 4 is 28.8 Å². The summed E-state index contributed by atoms with van der Waals surface area (Å²) in [6, 6.07) is 25.6. The number of nitrogens with zero attached hydrogens (tertiary/aromatic N) is 4. The van der Waals surface area contributed by atoms with Crippen LogP contribution in [0.15, 0.2) is 103 Å². The van der Waals surface area contributed by atoms with Crippen molar-refractivity contribution in [2.75, 3.05) is 4.90 Å². The van der Waals surface area contributed by atoms with Crippen LogP contribution in [-0.4, -0.2) is 32.1 Å². The molecule has 0 bridgehead atoms. The third-order valence-corrected chi connectivity index (χ3v) is 6.30. The molecule has 5 rings (SSSR count). The average Bonchev–Trinajstić information content (AvgIpc) is 3.73. The van der Waals surface area contributed by atoms with Crippen molar-refractivity contribution in [3.8, 4) is 18.0 Å². The second kappa shape index (κ2) is 13.7. The zero-order chi connectivity index (χ0) is 27.8. The summed E-state index contributed by atoms with van der Waals surface area (Å²) in [7, 11) is 0. The molecule has 2 amide bonds. The third-order valence-electron chi connectivity index (χ3n) is 5.53. The van der Waals surface area contributed by atoms with Gasteiger partial charge in [-0.15, -0.1) is 17.8 Å². The molecule has 0 fully saturated rings. The van der Waals surface area contributed by atoms with Gasteiger partial charge in [0.25, 0.3) is 5.91 Å². The molecule has 3 aromatic carbocycles. The Kier molecular flexibility index (Phi) is 10.4. The molecular formula is C31H29FeN5O2S. The molecule has 5 aromatic rings. The maximum Gasteiger partial charge on any atom is 2.00 e. The fourth-order valence-electron chi connectivity index (χ4n) is 3.88. The minimum Gasteiger partial charge on any atom is -0.350 e. The monoisotopic (exact) mass is 591 g/mol. The number of nitrogens with one attached hydrogen (secondary N) is 1. The van der Waals surface area contributed by atoms with E-state index in [4.69, 9.17) is 6.42 Å². The van der Waals surface area contributed by atoms with E-state index in [1.165, 1.54) is 16.2 Å². The number of hydrogen-bond donors (Lipinski definition) is 1. The van der Waals surface area contributed by atoms with E-state index in [0.717, 1.165) is 5.69 Å². The maximum absolute atomic E-state index is 13.8. The van der Waals surface area contributed by atoms with E-state index in [-0.39, 0.29) is 28.7 Å². The zero-order valence-corrected chi connectivity index (χ0v) is 24.3. The van der Waals surface area contributed by atoms with Gasteiger partial charge in [-0.1, -0.05) is 0 Å². The quantitative estimate of drug-likeness (QED) is 0.155. The Hall–Kier alpha value is -4.22. The normalized spacial score (nSPS) is 11.2. The largest absolute Gasteiger partial charge is 2.00 e. The Morgan fingerprint density at radius 1 is 1.07 bits per heavy atom. The SMILES string of the molecule is C#Cc1nc(C(=O)N(c2ccc(-n3cccn3)cc2)C(C(=O)NC(C)(C)C)c2cc[cH-]c2)cs1.[Fe+2].c1cc[cH-]c1. The summed E-state index contributed by atoms with van der Waals surface area (Å²) in [5.74, 6) is 1.75. The van der Waals surface area contributed by atoms with Crippen molar-refractivity contribution in [1.29, 1.82) is 0 Å². The molecule has 7 nitrogen and oxygen atoms in total. The van der Waals surface area contributed by atoms with Gasteiger partial charge in [-0.25, -0.2) is 27.9 Å². The Morgan fingerprint density at radius 3 is 2.30 bits per heavy atom. The molecule has 0 radical (unpaired) electrons. The van der Waals surface area contributed by atoms with Gasteiger partial charge in [0.1, 0.15) is 5.69 Å². The van der Waals surface area contributed by atoms with Gasteiger partial charge < -0.3 is 10.2 Å². The molecule has 9 heteroatoms. The molecule has 0 aliphatic heterocycles. The minimum absolute atomic E-state index is 0. The Labute approximate surface area is 249 Å². The first-order valence-electron chi connectivity index (χ1n) is 12.3. The molecule has 0 aliphatic carbocycles. The Morgan fingerprint density at radius 2 is 1.80 bits per heavy atom. The molecule has 1 unspecified atom stereocenters. The average molecular weight is 592 g/mol. The van der Waals surface area contributed by atoms with Gasteiger partial charge in [-0.3, -0.25) is 9.59 Å². The van der Waals surface area contributed by atoms with Gasteiger partial charge in [0.15, 0.2) is 5.01 Å². The summed E-state index contributed by atoms with van der Waals surface area (Å²) in [5.41, 5.74) is 1.77. The predicted molar refractivity (Wildman–Crippen MR) is 155 cm³/mol. The first-order valence-corrected chi connectivity index (χ1v) is 13.2. The molecule has 0 spiro atoms. The molecule has 0 saturated carbocycles. The molecule has 0 saturated heterocycles. The van der Waals surface area contributed by atoms with E-state index in [2.05, 4.69) is 21.3 Å². The van der Waals surface area contributed by atoms with Crippen LogP contribution in [0.3, 0.4) is 0 Å². The number of thiazole rings is 1. The van der Waals surface area contributed by atoms with Crippen LogP contribution < -0.4 is 10.2 Å². The van der Waals surface area contributed by atoms with Crippen molar-refractivity contribution in [2.45, 2.75) is 32.4 Å². The summed E-state index contributed by atoms with van der Waals surface area (Å²) >= 11 is 1.21. The van der Waals surface area contributed by atoms with Crippen molar-refractivity contribution < 1.29 is 26.7 Å². The Bertz CT molecular complexity index is 1490. The van der Waals surface area contributed by atoms with E-state index in [1.54, 1.807) is 28.4 Å². The smallest absolute Gasteiger partial charge is 0.350 e. The van der Waals surface area contributed by atoms with E-state index in [9.17, 15) is 9.59 Å². The van der Waals surface area contributed by atoms with Crippen molar-refractivity contribution in [3.05, 3.63) is 119 Å². The van der Waals surface area contributed by atoms with E-state index >= 15 is 0 Å². The molecule has 40 heavy (non-hydrogen) atoms. The van der Waals surface area contributed by atoms with Crippen molar-refractivity contribution in [1.82, 2.24) is 20.1 Å². The summed E-state index contributed by atoms with van der Waals surface area (Å²) in [6.45, 7) is 5.70. The fourth-order valence-corrected chi connectivity index (χ4v) is 4.48. The van der Waals surface area contributed by atoms with Crippen LogP contribution in [0.25, 0.3) is 5.69 Å². The summed E-state index contributed by atoms with van der Waals surface area (Å²) < 4.78 is 1.72. The number of benzene rings is 1. The molecule has 204 valence electrons. The Balaban J connectivity index is 0.000000662. The second-order valence-corrected chi connectivity index (χ2v) is 10.5. The minimum atomic E-state index is -0.909. The summed E-state index contributed by atoms with van der Waals surface area (Å²) in [6.07, 6.45) is 8.99. The standard InChI is InChI=1S/C26H24N5O2S.C5H5.Fe/c1-5-22-28-21(17-34-22)25(33)31(20-13-11-19(12-14-20)30-16-8-15-27-30)23(18-9-6-7-10-18)24(32)29-26(2,3)4;1-2-4-5-3-1;/h1,6-17,23H,2-4H3,(H,29,32);1-5H;/q2*-1;+2. The second-order valence-electron chi connectivity index (χ2n) is 9.65. The fraction of sp³-hybridized carbons (Fsp3) is 0.161. The first kappa shape index (κ1) is 30.3. The van der Waals surface area contributed by atoms with Crippen LogP contribution >= 0.6 is 11.3 Å². The van der Waals surface area contributed by atoms with E-state index in [1.807, 2.05) is 99.8 Å². The predicted octanol–water partition coefficient (Wildman–Crippen LogP) is 5.73. The van der Waals surface area contributed by atoms with Crippen LogP contribution in [0.2, 0.25) is 0 Å². The van der Waals surface area contributed by atoms with Gasteiger partial charge in [0.2, 0.25) is 5.91 Å². The number of amides is 2. The third kappa shape index (κ3) is 7.67. The molecular weight excluding hydrogens is 562 g/mol. The van der Waals surface area contributed by atoms with Crippen molar-refractivity contribution in [3.63, 3.8) is 0 Å². The van der Waals surface area contributed by atoms with E-state index < -0.39 is 17.5 Å². The van der Waals surface area contributed by atoms with Crippen LogP contribution in [0, 0.1) is 12.3 Å².